The zero-order chi connectivity index (χ0) is 24.5. The molecule has 4 rings (SSSR count). The molecule has 0 saturated heterocycles. The highest BCUT2D eigenvalue weighted by Crippen LogP contribution is 2.37. The van der Waals surface area contributed by atoms with E-state index in [9.17, 15) is 18.3 Å². The largest absolute Gasteiger partial charge is 0.446 e. The van der Waals surface area contributed by atoms with Gasteiger partial charge in [-0.15, -0.1) is 0 Å². The molecule has 10 heteroatoms. The summed E-state index contributed by atoms with van der Waals surface area (Å²) >= 11 is -0.174. The van der Waals surface area contributed by atoms with Crippen molar-refractivity contribution in [1.82, 2.24) is 19.9 Å². The van der Waals surface area contributed by atoms with Gasteiger partial charge in [-0.2, -0.15) is 23.3 Å². The molecule has 6 nitrogen and oxygen atoms in total. The van der Waals surface area contributed by atoms with Crippen molar-refractivity contribution in [2.45, 2.75) is 49.7 Å². The van der Waals surface area contributed by atoms with E-state index < -0.39 is 11.1 Å². The number of nitrogens with zero attached hydrogens (tertiary/aromatic N) is 4. The van der Waals surface area contributed by atoms with Crippen molar-refractivity contribution in [3.8, 4) is 23.0 Å². The number of aliphatic hydroxyl groups is 1. The molecule has 0 unspecified atom stereocenters. The molecule has 34 heavy (non-hydrogen) atoms. The second-order valence-electron chi connectivity index (χ2n) is 8.63. The quantitative estimate of drug-likeness (QED) is 0.327. The van der Waals surface area contributed by atoms with Gasteiger partial charge in [-0.3, -0.25) is 4.68 Å². The third-order valence-corrected chi connectivity index (χ3v) is 5.67. The molecule has 0 aliphatic heterocycles. The standard InChI is InChI=1S/C24H23F3N4O2S/c1-15-11-20(29-31(15)14-17-6-4-5-16(12-17)13-23(2,3)32)22-28-21(30-33-22)18-7-9-19(10-8-18)34-24(25,26)27/h4-12,32H,13-14H2,1-3H3. The maximum absolute atomic E-state index is 12.5. The summed E-state index contributed by atoms with van der Waals surface area (Å²) in [7, 11) is 0. The number of rotatable bonds is 7. The van der Waals surface area contributed by atoms with Gasteiger partial charge in [0.1, 0.15) is 0 Å². The topological polar surface area (TPSA) is 77.0 Å². The maximum atomic E-state index is 12.5. The second kappa shape index (κ2) is 9.27. The molecule has 2 aromatic carbocycles. The average molecular weight is 489 g/mol. The van der Waals surface area contributed by atoms with Crippen LogP contribution in [0.1, 0.15) is 30.7 Å². The molecule has 4 aromatic rings. The summed E-state index contributed by atoms with van der Waals surface area (Å²) in [4.78, 5) is 4.44. The van der Waals surface area contributed by atoms with Crippen molar-refractivity contribution in [1.29, 1.82) is 0 Å². The smallest absolute Gasteiger partial charge is 0.390 e. The molecule has 0 aliphatic rings. The molecule has 0 fully saturated rings. The van der Waals surface area contributed by atoms with Crippen LogP contribution in [0, 0.1) is 6.92 Å². The van der Waals surface area contributed by atoms with Gasteiger partial charge in [-0.1, -0.05) is 29.4 Å². The molecule has 0 radical (unpaired) electrons. The third kappa shape index (κ3) is 6.27. The minimum atomic E-state index is -4.34. The fraction of sp³-hybridized carbons (Fsp3) is 0.292. The molecule has 0 bridgehead atoms. The van der Waals surface area contributed by atoms with Crippen LogP contribution in [0.15, 0.2) is 64.0 Å². The van der Waals surface area contributed by atoms with Crippen LogP contribution in [0.2, 0.25) is 0 Å². The number of aromatic nitrogens is 4. The predicted molar refractivity (Wildman–Crippen MR) is 123 cm³/mol. The van der Waals surface area contributed by atoms with E-state index in [0.29, 0.717) is 24.2 Å². The first-order chi connectivity index (χ1) is 15.9. The fourth-order valence-electron chi connectivity index (χ4n) is 3.54. The Hall–Kier alpha value is -3.11. The van der Waals surface area contributed by atoms with E-state index >= 15 is 0 Å². The van der Waals surface area contributed by atoms with Gasteiger partial charge < -0.3 is 9.63 Å². The van der Waals surface area contributed by atoms with E-state index in [2.05, 4.69) is 15.2 Å². The number of benzene rings is 2. The summed E-state index contributed by atoms with van der Waals surface area (Å²) in [5, 5.41) is 18.6. The molecule has 178 valence electrons. The highest BCUT2D eigenvalue weighted by atomic mass is 32.2. The first kappa shape index (κ1) is 24.0. The van der Waals surface area contributed by atoms with Gasteiger partial charge in [-0.25, -0.2) is 0 Å². The van der Waals surface area contributed by atoms with Crippen molar-refractivity contribution in [3.05, 3.63) is 71.4 Å². The van der Waals surface area contributed by atoms with Gasteiger partial charge in [0.05, 0.1) is 12.1 Å². The molecular weight excluding hydrogens is 465 g/mol. The molecular formula is C24H23F3N4O2S. The molecule has 0 saturated carbocycles. The maximum Gasteiger partial charge on any atom is 0.446 e. The Morgan fingerprint density at radius 1 is 1.03 bits per heavy atom. The lowest BCUT2D eigenvalue weighted by atomic mass is 9.97. The van der Waals surface area contributed by atoms with Crippen LogP contribution in [-0.2, 0) is 13.0 Å². The SMILES string of the molecule is Cc1cc(-c2nc(-c3ccc(SC(F)(F)F)cc3)no2)nn1Cc1cccc(CC(C)(C)O)c1. The third-order valence-electron chi connectivity index (χ3n) is 4.93. The number of halogens is 3. The van der Waals surface area contributed by atoms with Crippen LogP contribution in [0.5, 0.6) is 0 Å². The van der Waals surface area contributed by atoms with Crippen LogP contribution in [-0.4, -0.2) is 36.1 Å². The van der Waals surface area contributed by atoms with E-state index in [1.165, 1.54) is 24.3 Å². The normalized spacial score (nSPS) is 12.3. The van der Waals surface area contributed by atoms with Crippen molar-refractivity contribution in [2.75, 3.05) is 0 Å². The van der Waals surface area contributed by atoms with E-state index in [0.717, 1.165) is 16.8 Å². The van der Waals surface area contributed by atoms with E-state index in [-0.39, 0.29) is 28.4 Å². The number of thioether (sulfide) groups is 1. The number of hydrogen-bond acceptors (Lipinski definition) is 6. The predicted octanol–water partition coefficient (Wildman–Crippen LogP) is 5.88. The second-order valence-corrected chi connectivity index (χ2v) is 9.77. The van der Waals surface area contributed by atoms with Crippen LogP contribution in [0.3, 0.4) is 0 Å². The molecule has 1 N–H and O–H groups in total. The van der Waals surface area contributed by atoms with Crippen molar-refractivity contribution in [2.24, 2.45) is 0 Å². The number of hydrogen-bond donors (Lipinski definition) is 1. The van der Waals surface area contributed by atoms with Crippen molar-refractivity contribution in [3.63, 3.8) is 0 Å². The Balaban J connectivity index is 1.50. The first-order valence-corrected chi connectivity index (χ1v) is 11.3. The van der Waals surface area contributed by atoms with E-state index in [1.807, 2.05) is 41.9 Å². The van der Waals surface area contributed by atoms with Gasteiger partial charge in [0.15, 0.2) is 5.69 Å². The summed E-state index contributed by atoms with van der Waals surface area (Å²) in [5.74, 6) is 0.492. The average Bonchev–Trinajstić information content (AvgIpc) is 3.34. The molecule has 0 spiro atoms. The first-order valence-electron chi connectivity index (χ1n) is 10.5. The highest BCUT2D eigenvalue weighted by molar-refractivity contribution is 8.00. The lowest BCUT2D eigenvalue weighted by Gasteiger charge is -2.17. The Morgan fingerprint density at radius 2 is 1.74 bits per heavy atom. The summed E-state index contributed by atoms with van der Waals surface area (Å²) in [6.07, 6.45) is 0.546. The van der Waals surface area contributed by atoms with Crippen LogP contribution >= 0.6 is 11.8 Å². The van der Waals surface area contributed by atoms with Crippen molar-refractivity contribution >= 4 is 11.8 Å². The summed E-state index contributed by atoms with van der Waals surface area (Å²) < 4.78 is 44.7. The Labute approximate surface area is 198 Å². The Kier molecular flexibility index (Phi) is 6.55. The summed E-state index contributed by atoms with van der Waals surface area (Å²) in [6, 6.07) is 15.6. The van der Waals surface area contributed by atoms with Gasteiger partial charge in [0.2, 0.25) is 5.82 Å². The molecule has 0 amide bonds. The minimum absolute atomic E-state index is 0.0842. The van der Waals surface area contributed by atoms with Gasteiger partial charge >= 0.3 is 5.51 Å². The van der Waals surface area contributed by atoms with Crippen LogP contribution in [0.4, 0.5) is 13.2 Å². The zero-order valence-electron chi connectivity index (χ0n) is 18.8. The number of alkyl halides is 3. The highest BCUT2D eigenvalue weighted by Gasteiger charge is 2.29. The lowest BCUT2D eigenvalue weighted by molar-refractivity contribution is -0.0328. The minimum Gasteiger partial charge on any atom is -0.390 e. The lowest BCUT2D eigenvalue weighted by Crippen LogP contribution is -2.21. The van der Waals surface area contributed by atoms with Crippen LogP contribution < -0.4 is 0 Å². The number of aryl methyl sites for hydroxylation is 1. The Bertz CT molecular complexity index is 1270. The molecule has 0 aliphatic carbocycles. The van der Waals surface area contributed by atoms with Gasteiger partial charge in [0, 0.05) is 22.6 Å². The van der Waals surface area contributed by atoms with E-state index in [1.54, 1.807) is 13.8 Å². The monoisotopic (exact) mass is 488 g/mol. The Morgan fingerprint density at radius 3 is 2.41 bits per heavy atom. The summed E-state index contributed by atoms with van der Waals surface area (Å²) in [5.41, 5.74) is -1.10. The zero-order valence-corrected chi connectivity index (χ0v) is 19.6. The van der Waals surface area contributed by atoms with Crippen molar-refractivity contribution < 1.29 is 22.8 Å². The fourth-order valence-corrected chi connectivity index (χ4v) is 4.08. The van der Waals surface area contributed by atoms with Crippen LogP contribution in [0.25, 0.3) is 23.0 Å². The van der Waals surface area contributed by atoms with Gasteiger partial charge in [0.25, 0.3) is 5.89 Å². The molecule has 0 atom stereocenters. The van der Waals surface area contributed by atoms with E-state index in [4.69, 9.17) is 4.52 Å². The summed E-state index contributed by atoms with van der Waals surface area (Å²) in [6.45, 7) is 6.01. The molecule has 2 heterocycles. The van der Waals surface area contributed by atoms with Gasteiger partial charge in [-0.05, 0) is 74.0 Å². The molecule has 2 aromatic heterocycles.